The summed E-state index contributed by atoms with van der Waals surface area (Å²) >= 11 is 6.76. The minimum absolute atomic E-state index is 0.215. The molecule has 2 aromatic heterocycles. The van der Waals surface area contributed by atoms with Crippen molar-refractivity contribution in [3.8, 4) is 0 Å². The molecule has 35 heavy (non-hydrogen) atoms. The van der Waals surface area contributed by atoms with Gasteiger partial charge in [0.2, 0.25) is 0 Å². The number of carbonyl (C=O) groups is 1. The van der Waals surface area contributed by atoms with Gasteiger partial charge in [-0.3, -0.25) is 18.9 Å². The smallest absolute Gasteiger partial charge is 0.267 e. The van der Waals surface area contributed by atoms with Gasteiger partial charge in [-0.15, -0.1) is 0 Å². The van der Waals surface area contributed by atoms with Crippen LogP contribution in [-0.4, -0.2) is 44.3 Å². The van der Waals surface area contributed by atoms with Crippen LogP contribution in [0.3, 0.4) is 0 Å². The first-order valence-electron chi connectivity index (χ1n) is 11.6. The Hall–Kier alpha value is -3.01. The van der Waals surface area contributed by atoms with E-state index in [4.69, 9.17) is 17.0 Å². The van der Waals surface area contributed by atoms with E-state index >= 15 is 0 Å². The fraction of sp³-hybridized carbons (Fsp3) is 0.308. The summed E-state index contributed by atoms with van der Waals surface area (Å²) in [6.45, 7) is 7.67. The monoisotopic (exact) mass is 508 g/mol. The van der Waals surface area contributed by atoms with E-state index in [9.17, 15) is 9.59 Å². The number of benzene rings is 1. The van der Waals surface area contributed by atoms with Gasteiger partial charge < -0.3 is 10.1 Å². The van der Waals surface area contributed by atoms with Gasteiger partial charge in [0.05, 0.1) is 16.5 Å². The van der Waals surface area contributed by atoms with Crippen LogP contribution in [0.4, 0.5) is 5.82 Å². The standard InChI is InChI=1S/C26H28N4O3S2/c1-4-33-14-8-13-27-23-20(24(31)29-16-17(2)11-12-22(29)28-23)15-21-25(32)30(26(34)35-21)18(3)19-9-6-5-7-10-19/h5-7,9-12,15-16,18,27H,4,8,13-14H2,1-3H3/b21-15+. The van der Waals surface area contributed by atoms with Crippen molar-refractivity contribution in [2.24, 2.45) is 0 Å². The topological polar surface area (TPSA) is 75.9 Å². The number of hydrogen-bond acceptors (Lipinski definition) is 7. The number of thiocarbonyl (C=S) groups is 1. The van der Waals surface area contributed by atoms with Gasteiger partial charge in [-0.2, -0.15) is 0 Å². The zero-order valence-corrected chi connectivity index (χ0v) is 21.6. The Kier molecular flexibility index (Phi) is 8.00. The number of nitrogens with zero attached hydrogens (tertiary/aromatic N) is 3. The molecule has 1 fully saturated rings. The summed E-state index contributed by atoms with van der Waals surface area (Å²) < 4.78 is 7.39. The summed E-state index contributed by atoms with van der Waals surface area (Å²) in [4.78, 5) is 33.6. The lowest BCUT2D eigenvalue weighted by molar-refractivity contribution is -0.123. The molecule has 0 aliphatic carbocycles. The fourth-order valence-electron chi connectivity index (χ4n) is 3.87. The molecule has 1 atom stereocenters. The second-order valence-electron chi connectivity index (χ2n) is 8.23. The van der Waals surface area contributed by atoms with E-state index in [1.54, 1.807) is 17.2 Å². The van der Waals surface area contributed by atoms with Crippen molar-refractivity contribution in [2.75, 3.05) is 25.1 Å². The zero-order valence-electron chi connectivity index (χ0n) is 20.0. The van der Waals surface area contributed by atoms with Gasteiger partial charge in [-0.25, -0.2) is 4.98 Å². The highest BCUT2D eigenvalue weighted by Gasteiger charge is 2.36. The quantitative estimate of drug-likeness (QED) is 0.253. The zero-order chi connectivity index (χ0) is 24.9. The maximum Gasteiger partial charge on any atom is 0.267 e. The number of aromatic nitrogens is 2. The number of anilines is 1. The minimum Gasteiger partial charge on any atom is -0.382 e. The van der Waals surface area contributed by atoms with Gasteiger partial charge in [0.1, 0.15) is 15.8 Å². The van der Waals surface area contributed by atoms with E-state index in [2.05, 4.69) is 10.3 Å². The van der Waals surface area contributed by atoms with E-state index in [0.29, 0.717) is 46.0 Å². The summed E-state index contributed by atoms with van der Waals surface area (Å²) in [6, 6.07) is 13.3. The lowest BCUT2D eigenvalue weighted by atomic mass is 10.1. The first-order valence-corrected chi connectivity index (χ1v) is 12.8. The van der Waals surface area contributed by atoms with Crippen LogP contribution in [0.2, 0.25) is 0 Å². The summed E-state index contributed by atoms with van der Waals surface area (Å²) in [5.74, 6) is 0.226. The Bertz CT molecular complexity index is 1340. The number of thioether (sulfide) groups is 1. The molecule has 1 aliphatic rings. The predicted molar refractivity (Wildman–Crippen MR) is 146 cm³/mol. The van der Waals surface area contributed by atoms with Crippen molar-refractivity contribution < 1.29 is 9.53 Å². The fourth-order valence-corrected chi connectivity index (χ4v) is 5.27. The van der Waals surface area contributed by atoms with Gasteiger partial charge in [0, 0.05) is 26.0 Å². The Morgan fingerprint density at radius 2 is 1.97 bits per heavy atom. The molecule has 1 saturated heterocycles. The first kappa shape index (κ1) is 25.1. The molecule has 7 nitrogen and oxygen atoms in total. The second-order valence-corrected chi connectivity index (χ2v) is 9.91. The van der Waals surface area contributed by atoms with Crippen LogP contribution in [0.15, 0.2) is 58.4 Å². The summed E-state index contributed by atoms with van der Waals surface area (Å²) in [7, 11) is 0. The molecule has 3 aromatic rings. The Balaban J connectivity index is 1.70. The summed E-state index contributed by atoms with van der Waals surface area (Å²) in [6.07, 6.45) is 4.13. The van der Waals surface area contributed by atoms with E-state index < -0.39 is 0 Å². The summed E-state index contributed by atoms with van der Waals surface area (Å²) in [5, 5.41) is 3.26. The lowest BCUT2D eigenvalue weighted by Gasteiger charge is -2.23. The van der Waals surface area contributed by atoms with E-state index in [1.807, 2.05) is 63.2 Å². The molecule has 0 spiro atoms. The molecular weight excluding hydrogens is 480 g/mol. The van der Waals surface area contributed by atoms with E-state index in [-0.39, 0.29) is 17.5 Å². The van der Waals surface area contributed by atoms with Gasteiger partial charge in [-0.05, 0) is 50.5 Å². The van der Waals surface area contributed by atoms with Crippen molar-refractivity contribution in [3.63, 3.8) is 0 Å². The predicted octanol–water partition coefficient (Wildman–Crippen LogP) is 4.80. The third-order valence-electron chi connectivity index (χ3n) is 5.74. The molecule has 0 bridgehead atoms. The minimum atomic E-state index is -0.243. The van der Waals surface area contributed by atoms with Gasteiger partial charge in [0.25, 0.3) is 11.5 Å². The molecule has 3 heterocycles. The second kappa shape index (κ2) is 11.2. The molecular formula is C26H28N4O3S2. The largest absolute Gasteiger partial charge is 0.382 e. The molecule has 1 amide bonds. The normalized spacial score (nSPS) is 15.9. The highest BCUT2D eigenvalue weighted by molar-refractivity contribution is 8.26. The van der Waals surface area contributed by atoms with Crippen LogP contribution < -0.4 is 10.9 Å². The number of rotatable bonds is 9. The third kappa shape index (κ3) is 5.47. The number of hydrogen-bond donors (Lipinski definition) is 1. The van der Waals surface area contributed by atoms with Crippen LogP contribution in [0.5, 0.6) is 0 Å². The van der Waals surface area contributed by atoms with Crippen molar-refractivity contribution in [1.29, 1.82) is 0 Å². The molecule has 0 radical (unpaired) electrons. The molecule has 1 N–H and O–H groups in total. The third-order valence-corrected chi connectivity index (χ3v) is 7.07. The van der Waals surface area contributed by atoms with Gasteiger partial charge in [-0.1, -0.05) is 60.4 Å². The van der Waals surface area contributed by atoms with Gasteiger partial charge >= 0.3 is 0 Å². The van der Waals surface area contributed by atoms with Crippen molar-refractivity contribution in [1.82, 2.24) is 14.3 Å². The first-order chi connectivity index (χ1) is 16.9. The molecule has 1 aliphatic heterocycles. The lowest BCUT2D eigenvalue weighted by Crippen LogP contribution is -2.31. The van der Waals surface area contributed by atoms with Crippen molar-refractivity contribution >= 4 is 51.7 Å². The number of nitrogens with one attached hydrogen (secondary N) is 1. The van der Waals surface area contributed by atoms with Crippen molar-refractivity contribution in [3.05, 3.63) is 80.6 Å². The van der Waals surface area contributed by atoms with Crippen LogP contribution in [0.25, 0.3) is 11.7 Å². The highest BCUT2D eigenvalue weighted by Crippen LogP contribution is 2.38. The Labute approximate surface area is 214 Å². The van der Waals surface area contributed by atoms with Crippen LogP contribution in [0.1, 0.15) is 43.0 Å². The average Bonchev–Trinajstić information content (AvgIpc) is 3.14. The number of aryl methyl sites for hydroxylation is 1. The van der Waals surface area contributed by atoms with E-state index in [0.717, 1.165) is 17.5 Å². The van der Waals surface area contributed by atoms with Gasteiger partial charge in [0.15, 0.2) is 0 Å². The number of ether oxygens (including phenoxy) is 1. The Morgan fingerprint density at radius 1 is 1.20 bits per heavy atom. The van der Waals surface area contributed by atoms with Crippen molar-refractivity contribution in [2.45, 2.75) is 33.2 Å². The Morgan fingerprint density at radius 3 is 2.71 bits per heavy atom. The molecule has 182 valence electrons. The SMILES string of the molecule is CCOCCCNc1nc2ccc(C)cn2c(=O)c1/C=C1/SC(=S)N(C(C)c2ccccc2)C1=O. The molecule has 9 heteroatoms. The number of fused-ring (bicyclic) bond motifs is 1. The van der Waals surface area contributed by atoms with E-state index in [1.165, 1.54) is 16.2 Å². The molecule has 0 saturated carbocycles. The number of carbonyl (C=O) groups excluding carboxylic acids is 1. The van der Waals surface area contributed by atoms with Crippen LogP contribution >= 0.6 is 24.0 Å². The molecule has 4 rings (SSSR count). The number of amides is 1. The summed E-state index contributed by atoms with van der Waals surface area (Å²) in [5.41, 5.74) is 2.55. The highest BCUT2D eigenvalue weighted by atomic mass is 32.2. The number of pyridine rings is 1. The molecule has 1 unspecified atom stereocenters. The molecule has 1 aromatic carbocycles. The maximum atomic E-state index is 13.5. The van der Waals surface area contributed by atoms with Crippen LogP contribution in [0, 0.1) is 6.92 Å². The maximum absolute atomic E-state index is 13.5. The van der Waals surface area contributed by atoms with Crippen LogP contribution in [-0.2, 0) is 9.53 Å². The average molecular weight is 509 g/mol.